The van der Waals surface area contributed by atoms with Crippen LogP contribution in [0.15, 0.2) is 18.2 Å². The van der Waals surface area contributed by atoms with Gasteiger partial charge in [0.2, 0.25) is 0 Å². The predicted octanol–water partition coefficient (Wildman–Crippen LogP) is 1.85. The Labute approximate surface area is 93.6 Å². The van der Waals surface area contributed by atoms with Crippen molar-refractivity contribution in [2.75, 3.05) is 0 Å². The Morgan fingerprint density at radius 3 is 2.44 bits per heavy atom. The zero-order valence-corrected chi connectivity index (χ0v) is 9.77. The van der Waals surface area contributed by atoms with Crippen LogP contribution in [-0.4, -0.2) is 15.8 Å². The number of hydrogen-bond donors (Lipinski definition) is 2. The summed E-state index contributed by atoms with van der Waals surface area (Å²) in [5.41, 5.74) is 2.90. The molecule has 86 valence electrons. The van der Waals surface area contributed by atoms with Gasteiger partial charge in [-0.25, -0.2) is 4.79 Å². The fourth-order valence-corrected chi connectivity index (χ4v) is 1.68. The third-order valence-electron chi connectivity index (χ3n) is 2.23. The number of esters is 1. The zero-order chi connectivity index (χ0) is 12.3. The van der Waals surface area contributed by atoms with E-state index in [1.165, 1.54) is 0 Å². The molecule has 0 saturated carbocycles. The molecule has 6 heteroatoms. The van der Waals surface area contributed by atoms with Crippen LogP contribution in [0, 0.1) is 6.92 Å². The molecule has 0 aromatic heterocycles. The Morgan fingerprint density at radius 1 is 1.38 bits per heavy atom. The highest BCUT2D eigenvalue weighted by Crippen LogP contribution is 2.32. The molecule has 1 aliphatic rings. The van der Waals surface area contributed by atoms with Crippen molar-refractivity contribution in [3.05, 3.63) is 34.9 Å². The first-order valence-corrected chi connectivity index (χ1v) is 5.75. The number of fused-ring (bicyclic) bond motifs is 1. The fourth-order valence-electron chi connectivity index (χ4n) is 1.68. The maximum absolute atomic E-state index is 11.2. The van der Waals surface area contributed by atoms with E-state index in [2.05, 4.69) is 0 Å². The van der Waals surface area contributed by atoms with Crippen molar-refractivity contribution < 1.29 is 23.9 Å². The van der Waals surface area contributed by atoms with Crippen molar-refractivity contribution in [1.29, 1.82) is 0 Å². The first-order valence-electron chi connectivity index (χ1n) is 4.59. The van der Waals surface area contributed by atoms with Crippen LogP contribution in [0.4, 0.5) is 0 Å². The smallest absolute Gasteiger partial charge is 0.454 e. The van der Waals surface area contributed by atoms with Crippen LogP contribution >= 0.6 is 8.25 Å². The Hall–Kier alpha value is -1.29. The molecule has 1 aromatic carbocycles. The van der Waals surface area contributed by atoms with E-state index in [1.807, 2.05) is 32.0 Å². The molecule has 16 heavy (non-hydrogen) atoms. The number of rotatable bonds is 0. The second-order valence-electron chi connectivity index (χ2n) is 3.34. The topological polar surface area (TPSA) is 83.8 Å². The Kier molecular flexibility index (Phi) is 4.12. The van der Waals surface area contributed by atoms with Gasteiger partial charge < -0.3 is 4.74 Å². The molecule has 1 heterocycles. The van der Waals surface area contributed by atoms with Gasteiger partial charge in [-0.1, -0.05) is 12.1 Å². The van der Waals surface area contributed by atoms with Crippen LogP contribution in [0.5, 0.6) is 0 Å². The van der Waals surface area contributed by atoms with Crippen LogP contribution < -0.4 is 0 Å². The first kappa shape index (κ1) is 12.8. The summed E-state index contributed by atoms with van der Waals surface area (Å²) in [5, 5.41) is 0. The molecule has 2 rings (SSSR count). The third-order valence-corrected chi connectivity index (χ3v) is 2.23. The lowest BCUT2D eigenvalue weighted by molar-refractivity contribution is 0.0421. The fraction of sp³-hybridized carbons (Fsp3) is 0.300. The zero-order valence-electron chi connectivity index (χ0n) is 8.88. The minimum Gasteiger partial charge on any atom is -0.454 e. The van der Waals surface area contributed by atoms with Gasteiger partial charge in [-0.3, -0.25) is 0 Å². The first-order chi connectivity index (χ1) is 7.43. The van der Waals surface area contributed by atoms with Crippen LogP contribution in [-0.2, 0) is 9.30 Å². The number of benzene rings is 1. The number of carbonyl (C=O) groups excluding carboxylic acids is 1. The summed E-state index contributed by atoms with van der Waals surface area (Å²) in [7, 11) is -2.87. The van der Waals surface area contributed by atoms with Crippen molar-refractivity contribution in [2.24, 2.45) is 0 Å². The van der Waals surface area contributed by atoms with Crippen molar-refractivity contribution >= 4 is 14.2 Å². The normalized spacial score (nSPS) is 17.0. The van der Waals surface area contributed by atoms with Gasteiger partial charge in [0.05, 0.1) is 5.56 Å². The van der Waals surface area contributed by atoms with E-state index in [9.17, 15) is 4.79 Å². The summed E-state index contributed by atoms with van der Waals surface area (Å²) in [6.07, 6.45) is -0.0753. The van der Waals surface area contributed by atoms with E-state index in [1.54, 1.807) is 0 Å². The average Bonchev–Trinajstić information content (AvgIpc) is 2.43. The minimum atomic E-state index is -2.87. The molecule has 1 aromatic rings. The molecule has 2 N–H and O–H groups in total. The van der Waals surface area contributed by atoms with Crippen molar-refractivity contribution in [2.45, 2.75) is 20.0 Å². The highest BCUT2D eigenvalue weighted by molar-refractivity contribution is 7.30. The van der Waals surface area contributed by atoms with Crippen LogP contribution in [0.1, 0.15) is 34.5 Å². The van der Waals surface area contributed by atoms with Crippen LogP contribution in [0.3, 0.4) is 0 Å². The van der Waals surface area contributed by atoms with E-state index in [0.29, 0.717) is 0 Å². The summed E-state index contributed by atoms with van der Waals surface area (Å²) >= 11 is 0. The monoisotopic (exact) mass is 243 g/mol. The molecule has 0 saturated heterocycles. The van der Waals surface area contributed by atoms with E-state index in [0.717, 1.165) is 16.7 Å². The van der Waals surface area contributed by atoms with Crippen molar-refractivity contribution in [1.82, 2.24) is 0 Å². The van der Waals surface area contributed by atoms with E-state index in [-0.39, 0.29) is 12.1 Å². The number of cyclic esters (lactones) is 1. The summed E-state index contributed by atoms with van der Waals surface area (Å²) < 4.78 is 13.8. The van der Waals surface area contributed by atoms with E-state index < -0.39 is 8.25 Å². The van der Waals surface area contributed by atoms with Crippen molar-refractivity contribution in [3.8, 4) is 0 Å². The quantitative estimate of drug-likeness (QED) is 0.536. The van der Waals surface area contributed by atoms with Gasteiger partial charge in [0.25, 0.3) is 0 Å². The second kappa shape index (κ2) is 5.16. The summed E-state index contributed by atoms with van der Waals surface area (Å²) in [6.45, 7) is 3.90. The van der Waals surface area contributed by atoms with Gasteiger partial charge >= 0.3 is 14.2 Å². The van der Waals surface area contributed by atoms with Gasteiger partial charge in [0.15, 0.2) is 0 Å². The lowest BCUT2D eigenvalue weighted by Crippen LogP contribution is -1.93. The third kappa shape index (κ3) is 2.85. The summed E-state index contributed by atoms with van der Waals surface area (Å²) in [6, 6.07) is 5.69. The lowest BCUT2D eigenvalue weighted by atomic mass is 10.0. The Balaban J connectivity index is 0.000000280. The van der Waals surface area contributed by atoms with Gasteiger partial charge in [0.1, 0.15) is 6.10 Å². The average molecular weight is 243 g/mol. The molecule has 5 nitrogen and oxygen atoms in total. The highest BCUT2D eigenvalue weighted by atomic mass is 31.1. The predicted molar refractivity (Wildman–Crippen MR) is 57.1 cm³/mol. The molecule has 1 unspecified atom stereocenters. The summed E-state index contributed by atoms with van der Waals surface area (Å²) in [4.78, 5) is 25.4. The maximum atomic E-state index is 11.2. The van der Waals surface area contributed by atoms with Gasteiger partial charge in [0, 0.05) is 10.1 Å². The van der Waals surface area contributed by atoms with Crippen LogP contribution in [0.2, 0.25) is 0 Å². The molecule has 0 spiro atoms. The van der Waals surface area contributed by atoms with E-state index in [4.69, 9.17) is 19.1 Å². The molecular formula is C10H12O5P+. The molecule has 0 radical (unpaired) electrons. The Bertz CT molecular complexity index is 425. The van der Waals surface area contributed by atoms with Gasteiger partial charge in [-0.2, -0.15) is 0 Å². The largest absolute Gasteiger partial charge is 0.692 e. The minimum absolute atomic E-state index is 0.0753. The molecular weight excluding hydrogens is 231 g/mol. The van der Waals surface area contributed by atoms with Gasteiger partial charge in [-0.05, 0) is 25.5 Å². The number of ether oxygens (including phenoxy) is 1. The highest BCUT2D eigenvalue weighted by Gasteiger charge is 2.28. The second-order valence-corrected chi connectivity index (χ2v) is 3.84. The maximum Gasteiger partial charge on any atom is 0.692 e. The molecule has 0 fully saturated rings. The molecule has 0 bridgehead atoms. The molecule has 1 aliphatic heterocycles. The SMILES string of the molecule is Cc1cccc2c1C(C)OC2=O.O=[P+](O)O. The lowest BCUT2D eigenvalue weighted by Gasteiger charge is -2.04. The standard InChI is InChI=1S/C10H10O2.HO3P/c1-6-4-3-5-8-9(6)7(2)12-10(8)11;1-4(2)3/h3-5,7H,1-2H3;(H-,1,2,3)/p+1. The molecule has 0 amide bonds. The van der Waals surface area contributed by atoms with E-state index >= 15 is 0 Å². The van der Waals surface area contributed by atoms with Crippen molar-refractivity contribution in [3.63, 3.8) is 0 Å². The molecule has 1 atom stereocenters. The Morgan fingerprint density at radius 2 is 1.94 bits per heavy atom. The number of carbonyl (C=O) groups is 1. The molecule has 0 aliphatic carbocycles. The summed E-state index contributed by atoms with van der Waals surface area (Å²) in [5.74, 6) is -0.193. The van der Waals surface area contributed by atoms with Crippen LogP contribution in [0.25, 0.3) is 0 Å². The number of aryl methyl sites for hydroxylation is 1. The number of hydrogen-bond acceptors (Lipinski definition) is 3. The van der Waals surface area contributed by atoms with Gasteiger partial charge in [-0.15, -0.1) is 9.79 Å².